The lowest BCUT2D eigenvalue weighted by atomic mass is 9.96. The van der Waals surface area contributed by atoms with Crippen LogP contribution in [0.1, 0.15) is 31.2 Å². The molecule has 1 unspecified atom stereocenters. The van der Waals surface area contributed by atoms with Crippen LogP contribution in [0.2, 0.25) is 0 Å². The van der Waals surface area contributed by atoms with Gasteiger partial charge in [-0.25, -0.2) is 4.98 Å². The fourth-order valence-electron chi connectivity index (χ4n) is 2.03. The molecule has 2 rings (SSSR count). The van der Waals surface area contributed by atoms with Crippen LogP contribution in [0, 0.1) is 0 Å². The number of aryl methyl sites for hydroxylation is 1. The fourth-order valence-corrected chi connectivity index (χ4v) is 2.03. The lowest BCUT2D eigenvalue weighted by molar-refractivity contribution is 0.453. The largest absolute Gasteiger partial charge is 0.369 e. The van der Waals surface area contributed by atoms with Gasteiger partial charge in [0.05, 0.1) is 5.69 Å². The second kappa shape index (κ2) is 4.00. The van der Waals surface area contributed by atoms with Crippen molar-refractivity contribution in [2.24, 2.45) is 0 Å². The van der Waals surface area contributed by atoms with E-state index >= 15 is 0 Å². The van der Waals surface area contributed by atoms with Crippen LogP contribution in [-0.2, 0) is 12.8 Å². The van der Waals surface area contributed by atoms with Crippen molar-refractivity contribution >= 4 is 5.95 Å². The molecular formula is C10H18N4. The van der Waals surface area contributed by atoms with Crippen LogP contribution >= 0.6 is 0 Å². The lowest BCUT2D eigenvalue weighted by Gasteiger charge is -2.22. The van der Waals surface area contributed by atoms with E-state index in [9.17, 15) is 0 Å². The molecule has 1 aromatic rings. The standard InChI is InChI=1S/C10H18N4/c1-2-5-12-7-3-4-8-9(6-7)14-10(11)13-8/h7,12H,2-6H2,1H3,(H3,11,13,14). The number of nitrogens with two attached hydrogens (primary N) is 1. The number of aromatic nitrogens is 2. The molecule has 0 aromatic carbocycles. The van der Waals surface area contributed by atoms with Crippen LogP contribution in [0.5, 0.6) is 0 Å². The van der Waals surface area contributed by atoms with Gasteiger partial charge in [-0.2, -0.15) is 0 Å². The Morgan fingerprint density at radius 2 is 2.50 bits per heavy atom. The van der Waals surface area contributed by atoms with E-state index < -0.39 is 0 Å². The molecule has 1 aromatic heterocycles. The average molecular weight is 194 g/mol. The van der Waals surface area contributed by atoms with Crippen molar-refractivity contribution in [1.82, 2.24) is 15.3 Å². The molecule has 1 atom stereocenters. The predicted octanol–water partition coefficient (Wildman–Crippen LogP) is 0.849. The van der Waals surface area contributed by atoms with Crippen LogP contribution in [0.3, 0.4) is 0 Å². The summed E-state index contributed by atoms with van der Waals surface area (Å²) in [5, 5.41) is 3.53. The second-order valence-corrected chi connectivity index (χ2v) is 3.94. The Kier molecular flexibility index (Phi) is 2.72. The van der Waals surface area contributed by atoms with E-state index in [0.717, 1.165) is 25.1 Å². The van der Waals surface area contributed by atoms with E-state index in [1.807, 2.05) is 0 Å². The van der Waals surface area contributed by atoms with Gasteiger partial charge in [-0.05, 0) is 25.8 Å². The van der Waals surface area contributed by atoms with Crippen molar-refractivity contribution in [1.29, 1.82) is 0 Å². The van der Waals surface area contributed by atoms with Crippen molar-refractivity contribution in [3.8, 4) is 0 Å². The minimum atomic E-state index is 0.561. The molecule has 0 bridgehead atoms. The molecule has 0 amide bonds. The van der Waals surface area contributed by atoms with Gasteiger partial charge in [0.15, 0.2) is 5.95 Å². The molecule has 0 saturated carbocycles. The number of nitrogens with one attached hydrogen (secondary N) is 2. The minimum Gasteiger partial charge on any atom is -0.369 e. The van der Waals surface area contributed by atoms with Gasteiger partial charge in [-0.1, -0.05) is 6.92 Å². The van der Waals surface area contributed by atoms with Crippen molar-refractivity contribution in [3.63, 3.8) is 0 Å². The zero-order valence-electron chi connectivity index (χ0n) is 8.64. The Morgan fingerprint density at radius 1 is 1.64 bits per heavy atom. The van der Waals surface area contributed by atoms with Gasteiger partial charge in [0.1, 0.15) is 0 Å². The summed E-state index contributed by atoms with van der Waals surface area (Å²) in [5.41, 5.74) is 8.01. The Bertz CT molecular complexity index is 305. The third-order valence-corrected chi connectivity index (χ3v) is 2.75. The summed E-state index contributed by atoms with van der Waals surface area (Å²) in [7, 11) is 0. The number of nitrogens with zero attached hydrogens (tertiary/aromatic N) is 1. The molecule has 1 aliphatic rings. The molecule has 1 heterocycles. The Labute approximate surface area is 84.3 Å². The summed E-state index contributed by atoms with van der Waals surface area (Å²) in [6.07, 6.45) is 4.45. The predicted molar refractivity (Wildman–Crippen MR) is 57.1 cm³/mol. The van der Waals surface area contributed by atoms with E-state index in [2.05, 4.69) is 22.2 Å². The lowest BCUT2D eigenvalue weighted by Crippen LogP contribution is -2.35. The topological polar surface area (TPSA) is 66.7 Å². The molecule has 0 spiro atoms. The Balaban J connectivity index is 1.98. The molecule has 0 fully saturated rings. The summed E-state index contributed by atoms with van der Waals surface area (Å²) in [5.74, 6) is 0.561. The van der Waals surface area contributed by atoms with Crippen LogP contribution in [-0.4, -0.2) is 22.6 Å². The van der Waals surface area contributed by atoms with Crippen molar-refractivity contribution in [2.45, 2.75) is 38.6 Å². The summed E-state index contributed by atoms with van der Waals surface area (Å²) in [6.45, 7) is 3.29. The van der Waals surface area contributed by atoms with Crippen LogP contribution in [0.4, 0.5) is 5.95 Å². The summed E-state index contributed by atoms with van der Waals surface area (Å²) < 4.78 is 0. The highest BCUT2D eigenvalue weighted by Crippen LogP contribution is 2.19. The zero-order valence-corrected chi connectivity index (χ0v) is 8.64. The SMILES string of the molecule is CCCNC1CCc2nc(N)[nH]c2C1. The molecule has 0 radical (unpaired) electrons. The molecule has 78 valence electrons. The first-order valence-corrected chi connectivity index (χ1v) is 5.36. The molecule has 14 heavy (non-hydrogen) atoms. The Hall–Kier alpha value is -1.03. The summed E-state index contributed by atoms with van der Waals surface area (Å²) >= 11 is 0. The fraction of sp³-hybridized carbons (Fsp3) is 0.700. The van der Waals surface area contributed by atoms with Crippen LogP contribution in [0.15, 0.2) is 0 Å². The molecule has 4 heteroatoms. The van der Waals surface area contributed by atoms with E-state index in [-0.39, 0.29) is 0 Å². The number of fused-ring (bicyclic) bond motifs is 1. The highest BCUT2D eigenvalue weighted by molar-refractivity contribution is 5.28. The van der Waals surface area contributed by atoms with Crippen molar-refractivity contribution in [3.05, 3.63) is 11.4 Å². The number of aromatic amines is 1. The van der Waals surface area contributed by atoms with Crippen LogP contribution < -0.4 is 11.1 Å². The first-order chi connectivity index (χ1) is 6.79. The number of hydrogen-bond donors (Lipinski definition) is 3. The second-order valence-electron chi connectivity index (χ2n) is 3.94. The maximum atomic E-state index is 5.62. The third kappa shape index (κ3) is 1.90. The zero-order chi connectivity index (χ0) is 9.97. The molecule has 4 N–H and O–H groups in total. The third-order valence-electron chi connectivity index (χ3n) is 2.75. The molecular weight excluding hydrogens is 176 g/mol. The summed E-state index contributed by atoms with van der Waals surface area (Å²) in [6, 6.07) is 0.599. The maximum absolute atomic E-state index is 5.62. The normalized spacial score (nSPS) is 20.8. The minimum absolute atomic E-state index is 0.561. The molecule has 0 aliphatic heterocycles. The monoisotopic (exact) mass is 194 g/mol. The van der Waals surface area contributed by atoms with E-state index in [0.29, 0.717) is 12.0 Å². The highest BCUT2D eigenvalue weighted by Gasteiger charge is 2.20. The van der Waals surface area contributed by atoms with Gasteiger partial charge in [0.2, 0.25) is 0 Å². The number of rotatable bonds is 3. The molecule has 0 saturated heterocycles. The average Bonchev–Trinajstić information content (AvgIpc) is 2.54. The number of H-pyrrole nitrogens is 1. The van der Waals surface area contributed by atoms with E-state index in [1.54, 1.807) is 0 Å². The highest BCUT2D eigenvalue weighted by atomic mass is 15.0. The molecule has 4 nitrogen and oxygen atoms in total. The van der Waals surface area contributed by atoms with Gasteiger partial charge in [-0.15, -0.1) is 0 Å². The van der Waals surface area contributed by atoms with Gasteiger partial charge < -0.3 is 16.0 Å². The quantitative estimate of drug-likeness (QED) is 0.668. The van der Waals surface area contributed by atoms with Crippen LogP contribution in [0.25, 0.3) is 0 Å². The van der Waals surface area contributed by atoms with E-state index in [1.165, 1.54) is 18.5 Å². The smallest absolute Gasteiger partial charge is 0.197 e. The number of hydrogen-bond acceptors (Lipinski definition) is 3. The van der Waals surface area contributed by atoms with Gasteiger partial charge >= 0.3 is 0 Å². The van der Waals surface area contributed by atoms with E-state index in [4.69, 9.17) is 5.73 Å². The number of nitrogen functional groups attached to an aromatic ring is 1. The van der Waals surface area contributed by atoms with Gasteiger partial charge in [-0.3, -0.25) is 0 Å². The number of imidazole rings is 1. The van der Waals surface area contributed by atoms with Crippen molar-refractivity contribution < 1.29 is 0 Å². The first kappa shape index (κ1) is 9.52. The number of anilines is 1. The van der Waals surface area contributed by atoms with Crippen molar-refractivity contribution in [2.75, 3.05) is 12.3 Å². The Morgan fingerprint density at radius 3 is 3.29 bits per heavy atom. The van der Waals surface area contributed by atoms with Gasteiger partial charge in [0.25, 0.3) is 0 Å². The first-order valence-electron chi connectivity index (χ1n) is 5.36. The van der Waals surface area contributed by atoms with Gasteiger partial charge in [0, 0.05) is 18.2 Å². The molecule has 1 aliphatic carbocycles. The summed E-state index contributed by atoms with van der Waals surface area (Å²) in [4.78, 5) is 7.39. The maximum Gasteiger partial charge on any atom is 0.197 e.